The van der Waals surface area contributed by atoms with Crippen LogP contribution in [0, 0.1) is 12.8 Å². The van der Waals surface area contributed by atoms with Crippen LogP contribution in [0.25, 0.3) is 0 Å². The van der Waals surface area contributed by atoms with Crippen LogP contribution >= 0.6 is 0 Å². The Balaban J connectivity index is 2.03. The van der Waals surface area contributed by atoms with Crippen molar-refractivity contribution in [2.24, 2.45) is 5.92 Å². The van der Waals surface area contributed by atoms with Gasteiger partial charge in [0.2, 0.25) is 5.91 Å². The van der Waals surface area contributed by atoms with Gasteiger partial charge in [0.05, 0.1) is 6.54 Å². The molecule has 3 heteroatoms. The van der Waals surface area contributed by atoms with E-state index >= 15 is 0 Å². The van der Waals surface area contributed by atoms with Crippen molar-refractivity contribution in [3.05, 3.63) is 64.7 Å². The zero-order valence-corrected chi connectivity index (χ0v) is 16.7. The Labute approximate surface area is 158 Å². The molecule has 140 valence electrons. The lowest BCUT2D eigenvalue weighted by Crippen LogP contribution is -2.34. The van der Waals surface area contributed by atoms with Gasteiger partial charge in [0.1, 0.15) is 0 Å². The van der Waals surface area contributed by atoms with Gasteiger partial charge in [0, 0.05) is 11.7 Å². The number of benzene rings is 2. The minimum atomic E-state index is 0.00447. The number of anilines is 1. The first-order chi connectivity index (χ1) is 12.5. The summed E-state index contributed by atoms with van der Waals surface area (Å²) in [4.78, 5) is 12.5. The lowest BCUT2D eigenvalue weighted by atomic mass is 9.95. The SMILES string of the molecule is CCc1ccc([C@@H](NCC(=O)Nc2c(C)cccc2CC)C(C)C)cc1. The standard InChI is InChI=1S/C23H32N2O/c1-6-18-11-13-20(14-12-18)22(16(3)4)24-15-21(26)25-23-17(5)9-8-10-19(23)7-2/h8-14,16,22,24H,6-7,15H2,1-5H3,(H,25,26)/t22-/m0/s1. The van der Waals surface area contributed by atoms with Gasteiger partial charge in [-0.05, 0) is 47.9 Å². The van der Waals surface area contributed by atoms with Crippen LogP contribution in [0.2, 0.25) is 0 Å². The second-order valence-corrected chi connectivity index (χ2v) is 7.21. The summed E-state index contributed by atoms with van der Waals surface area (Å²) < 4.78 is 0. The maximum Gasteiger partial charge on any atom is 0.238 e. The summed E-state index contributed by atoms with van der Waals surface area (Å²) >= 11 is 0. The molecule has 0 spiro atoms. The molecule has 0 saturated heterocycles. The third-order valence-corrected chi connectivity index (χ3v) is 4.90. The van der Waals surface area contributed by atoms with Gasteiger partial charge in [-0.3, -0.25) is 4.79 Å². The van der Waals surface area contributed by atoms with Crippen molar-refractivity contribution < 1.29 is 4.79 Å². The smallest absolute Gasteiger partial charge is 0.238 e. The second-order valence-electron chi connectivity index (χ2n) is 7.21. The van der Waals surface area contributed by atoms with Crippen LogP contribution in [-0.2, 0) is 17.6 Å². The molecule has 1 amide bonds. The van der Waals surface area contributed by atoms with Crippen LogP contribution in [0.15, 0.2) is 42.5 Å². The first kappa shape index (κ1) is 20.2. The molecule has 2 N–H and O–H groups in total. The van der Waals surface area contributed by atoms with E-state index in [-0.39, 0.29) is 11.9 Å². The van der Waals surface area contributed by atoms with Crippen molar-refractivity contribution >= 4 is 11.6 Å². The first-order valence-electron chi connectivity index (χ1n) is 9.66. The van der Waals surface area contributed by atoms with E-state index in [1.807, 2.05) is 19.1 Å². The third-order valence-electron chi connectivity index (χ3n) is 4.90. The molecule has 0 radical (unpaired) electrons. The Morgan fingerprint density at radius 3 is 2.27 bits per heavy atom. The molecule has 0 aliphatic carbocycles. The van der Waals surface area contributed by atoms with Crippen molar-refractivity contribution in [1.29, 1.82) is 0 Å². The van der Waals surface area contributed by atoms with Crippen LogP contribution in [0.3, 0.4) is 0 Å². The molecule has 2 aromatic carbocycles. The summed E-state index contributed by atoms with van der Waals surface area (Å²) in [6.07, 6.45) is 1.95. The largest absolute Gasteiger partial charge is 0.324 e. The van der Waals surface area contributed by atoms with E-state index in [9.17, 15) is 4.79 Å². The molecule has 0 fully saturated rings. The summed E-state index contributed by atoms with van der Waals surface area (Å²) in [6, 6.07) is 15.0. The lowest BCUT2D eigenvalue weighted by molar-refractivity contribution is -0.115. The molecule has 26 heavy (non-hydrogen) atoms. The van der Waals surface area contributed by atoms with Crippen LogP contribution in [0.4, 0.5) is 5.69 Å². The van der Waals surface area contributed by atoms with Gasteiger partial charge in [0.15, 0.2) is 0 Å². The first-order valence-corrected chi connectivity index (χ1v) is 9.66. The van der Waals surface area contributed by atoms with Gasteiger partial charge in [-0.1, -0.05) is 70.2 Å². The summed E-state index contributed by atoms with van der Waals surface area (Å²) in [5, 5.41) is 6.53. The van der Waals surface area contributed by atoms with Gasteiger partial charge < -0.3 is 10.6 Å². The fourth-order valence-corrected chi connectivity index (χ4v) is 3.29. The number of carbonyl (C=O) groups is 1. The number of amides is 1. The Morgan fingerprint density at radius 2 is 1.69 bits per heavy atom. The van der Waals surface area contributed by atoms with Gasteiger partial charge in [-0.15, -0.1) is 0 Å². The maximum atomic E-state index is 12.5. The summed E-state index contributed by atoms with van der Waals surface area (Å²) in [6.45, 7) is 11.0. The zero-order valence-electron chi connectivity index (χ0n) is 16.7. The van der Waals surface area contributed by atoms with E-state index in [2.05, 4.69) is 68.7 Å². The minimum absolute atomic E-state index is 0.00447. The molecule has 2 rings (SSSR count). The zero-order chi connectivity index (χ0) is 19.1. The Bertz CT molecular complexity index is 719. The molecular weight excluding hydrogens is 320 g/mol. The van der Waals surface area contributed by atoms with Crippen molar-refractivity contribution in [1.82, 2.24) is 5.32 Å². The van der Waals surface area contributed by atoms with Crippen molar-refractivity contribution in [2.75, 3.05) is 11.9 Å². The predicted octanol–water partition coefficient (Wildman–Crippen LogP) is 5.05. The van der Waals surface area contributed by atoms with E-state index in [0.29, 0.717) is 12.5 Å². The number of nitrogens with one attached hydrogen (secondary N) is 2. The molecule has 0 heterocycles. The lowest BCUT2D eigenvalue weighted by Gasteiger charge is -2.23. The topological polar surface area (TPSA) is 41.1 Å². The van der Waals surface area contributed by atoms with Crippen LogP contribution in [0.1, 0.15) is 56.0 Å². The van der Waals surface area contributed by atoms with Crippen molar-refractivity contribution in [3.63, 3.8) is 0 Å². The van der Waals surface area contributed by atoms with Crippen LogP contribution < -0.4 is 10.6 Å². The highest BCUT2D eigenvalue weighted by Crippen LogP contribution is 2.23. The fourth-order valence-electron chi connectivity index (χ4n) is 3.29. The molecule has 0 saturated carbocycles. The molecule has 0 aliphatic heterocycles. The van der Waals surface area contributed by atoms with Gasteiger partial charge in [-0.25, -0.2) is 0 Å². The number of hydrogen-bond acceptors (Lipinski definition) is 2. The molecular formula is C23H32N2O. The van der Waals surface area contributed by atoms with Gasteiger partial charge >= 0.3 is 0 Å². The molecule has 2 aromatic rings. The minimum Gasteiger partial charge on any atom is -0.324 e. The highest BCUT2D eigenvalue weighted by Gasteiger charge is 2.17. The van der Waals surface area contributed by atoms with E-state index < -0.39 is 0 Å². The Morgan fingerprint density at radius 1 is 1.00 bits per heavy atom. The van der Waals surface area contributed by atoms with Gasteiger partial charge in [0.25, 0.3) is 0 Å². The highest BCUT2D eigenvalue weighted by molar-refractivity contribution is 5.93. The van der Waals surface area contributed by atoms with E-state index in [0.717, 1.165) is 24.1 Å². The van der Waals surface area contributed by atoms with Crippen LogP contribution in [0.5, 0.6) is 0 Å². The Hall–Kier alpha value is -2.13. The Kier molecular flexibility index (Phi) is 7.40. The normalized spacial score (nSPS) is 12.2. The molecule has 0 bridgehead atoms. The molecule has 0 aromatic heterocycles. The van der Waals surface area contributed by atoms with Crippen molar-refractivity contribution in [3.8, 4) is 0 Å². The molecule has 1 atom stereocenters. The summed E-state index contributed by atoms with van der Waals surface area (Å²) in [5.74, 6) is 0.407. The quantitative estimate of drug-likeness (QED) is 0.698. The second kappa shape index (κ2) is 9.54. The fraction of sp³-hybridized carbons (Fsp3) is 0.435. The predicted molar refractivity (Wildman–Crippen MR) is 111 cm³/mol. The van der Waals surface area contributed by atoms with Crippen LogP contribution in [-0.4, -0.2) is 12.5 Å². The summed E-state index contributed by atoms with van der Waals surface area (Å²) in [7, 11) is 0. The number of carbonyl (C=O) groups excluding carboxylic acids is 1. The molecule has 0 aliphatic rings. The highest BCUT2D eigenvalue weighted by atomic mass is 16.1. The monoisotopic (exact) mass is 352 g/mol. The van der Waals surface area contributed by atoms with Crippen molar-refractivity contribution in [2.45, 2.75) is 53.5 Å². The van der Waals surface area contributed by atoms with Gasteiger partial charge in [-0.2, -0.15) is 0 Å². The third kappa shape index (κ3) is 5.18. The number of hydrogen-bond donors (Lipinski definition) is 2. The van der Waals surface area contributed by atoms with E-state index in [1.54, 1.807) is 0 Å². The molecule has 3 nitrogen and oxygen atoms in total. The molecule has 0 unspecified atom stereocenters. The number of rotatable bonds is 8. The van der Waals surface area contributed by atoms with E-state index in [1.165, 1.54) is 16.7 Å². The number of para-hydroxylation sites is 1. The van der Waals surface area contributed by atoms with E-state index in [4.69, 9.17) is 0 Å². The average molecular weight is 353 g/mol. The summed E-state index contributed by atoms with van der Waals surface area (Å²) in [5.41, 5.74) is 5.80. The number of aryl methyl sites for hydroxylation is 3. The maximum absolute atomic E-state index is 12.5. The average Bonchev–Trinajstić information content (AvgIpc) is 2.63.